The third-order valence-corrected chi connectivity index (χ3v) is 2.65. The Balaban J connectivity index is 2.78. The molecule has 3 heteroatoms. The molecule has 1 atom stereocenters. The molecule has 0 saturated carbocycles. The Bertz CT molecular complexity index is 427. The first-order valence-corrected chi connectivity index (χ1v) is 6.54. The second kappa shape index (κ2) is 8.38. The minimum Gasteiger partial charge on any atom is -0.493 e. The van der Waals surface area contributed by atoms with Crippen molar-refractivity contribution in [3.05, 3.63) is 42.5 Å². The number of nitrogens with one attached hydrogen (secondary N) is 1. The molecular formula is C16H23NO2. The van der Waals surface area contributed by atoms with Gasteiger partial charge in [0.1, 0.15) is 6.61 Å². The molecule has 0 fully saturated rings. The van der Waals surface area contributed by atoms with Crippen LogP contribution in [0.5, 0.6) is 11.5 Å². The summed E-state index contributed by atoms with van der Waals surface area (Å²) in [6.07, 6.45) is 5.92. The van der Waals surface area contributed by atoms with E-state index in [4.69, 9.17) is 9.47 Å². The fraction of sp³-hybridized carbons (Fsp3) is 0.375. The summed E-state index contributed by atoms with van der Waals surface area (Å²) >= 11 is 0. The monoisotopic (exact) mass is 261 g/mol. The minimum atomic E-state index is 0.354. The van der Waals surface area contributed by atoms with Gasteiger partial charge < -0.3 is 14.8 Å². The number of benzene rings is 1. The van der Waals surface area contributed by atoms with Crippen LogP contribution in [0.1, 0.15) is 19.4 Å². The van der Waals surface area contributed by atoms with Crippen LogP contribution in [0.3, 0.4) is 0 Å². The Labute approximate surface area is 115 Å². The van der Waals surface area contributed by atoms with E-state index in [0.717, 1.165) is 23.6 Å². The molecule has 0 aromatic heterocycles. The molecular weight excluding hydrogens is 238 g/mol. The van der Waals surface area contributed by atoms with E-state index in [9.17, 15) is 0 Å². The average Bonchev–Trinajstić information content (AvgIpc) is 2.43. The van der Waals surface area contributed by atoms with Crippen molar-refractivity contribution in [3.63, 3.8) is 0 Å². The second-order valence-electron chi connectivity index (χ2n) is 4.22. The molecule has 0 bridgehead atoms. The van der Waals surface area contributed by atoms with E-state index in [2.05, 4.69) is 37.9 Å². The first-order chi connectivity index (χ1) is 9.21. The molecule has 0 amide bonds. The first kappa shape index (κ1) is 15.3. The van der Waals surface area contributed by atoms with Gasteiger partial charge >= 0.3 is 0 Å². The molecule has 0 radical (unpaired) electrons. The van der Waals surface area contributed by atoms with E-state index in [-0.39, 0.29) is 0 Å². The minimum absolute atomic E-state index is 0.354. The molecule has 0 aliphatic heterocycles. The van der Waals surface area contributed by atoms with Gasteiger partial charge in [-0.2, -0.15) is 0 Å². The molecule has 0 aliphatic carbocycles. The van der Waals surface area contributed by atoms with Crippen molar-refractivity contribution in [2.24, 2.45) is 0 Å². The van der Waals surface area contributed by atoms with Gasteiger partial charge in [-0.15, -0.1) is 0 Å². The first-order valence-electron chi connectivity index (χ1n) is 6.54. The number of ether oxygens (including phenoxy) is 2. The zero-order valence-electron chi connectivity index (χ0n) is 12.0. The molecule has 0 heterocycles. The van der Waals surface area contributed by atoms with E-state index < -0.39 is 0 Å². The van der Waals surface area contributed by atoms with Gasteiger partial charge in [-0.3, -0.25) is 0 Å². The molecule has 104 valence electrons. The lowest BCUT2D eigenvalue weighted by Crippen LogP contribution is -2.22. The normalized spacial score (nSPS) is 12.4. The van der Waals surface area contributed by atoms with Crippen LogP contribution in [0.4, 0.5) is 0 Å². The Morgan fingerprint density at radius 2 is 2.16 bits per heavy atom. The highest BCUT2D eigenvalue weighted by Crippen LogP contribution is 2.28. The predicted octanol–water partition coefficient (Wildman–Crippen LogP) is 3.27. The fourth-order valence-corrected chi connectivity index (χ4v) is 1.70. The van der Waals surface area contributed by atoms with E-state index in [1.165, 1.54) is 0 Å². The highest BCUT2D eigenvalue weighted by Gasteiger charge is 2.04. The second-order valence-corrected chi connectivity index (χ2v) is 4.22. The van der Waals surface area contributed by atoms with Crippen molar-refractivity contribution >= 4 is 6.08 Å². The smallest absolute Gasteiger partial charge is 0.161 e. The van der Waals surface area contributed by atoms with Crippen LogP contribution in [0.15, 0.2) is 36.9 Å². The zero-order chi connectivity index (χ0) is 14.1. The molecule has 0 spiro atoms. The fourth-order valence-electron chi connectivity index (χ4n) is 1.70. The van der Waals surface area contributed by atoms with Gasteiger partial charge in [0.05, 0.1) is 7.11 Å². The van der Waals surface area contributed by atoms with Crippen molar-refractivity contribution in [2.45, 2.75) is 19.9 Å². The average molecular weight is 261 g/mol. The lowest BCUT2D eigenvalue weighted by Gasteiger charge is -2.10. The summed E-state index contributed by atoms with van der Waals surface area (Å²) in [6, 6.07) is 6.25. The van der Waals surface area contributed by atoms with Gasteiger partial charge in [0.25, 0.3) is 0 Å². The van der Waals surface area contributed by atoms with Crippen LogP contribution >= 0.6 is 0 Å². The van der Waals surface area contributed by atoms with E-state index in [1.807, 2.05) is 18.2 Å². The summed E-state index contributed by atoms with van der Waals surface area (Å²) in [6.45, 7) is 9.29. The molecule has 3 nitrogen and oxygen atoms in total. The van der Waals surface area contributed by atoms with Crippen LogP contribution in [-0.4, -0.2) is 26.3 Å². The van der Waals surface area contributed by atoms with Crippen LogP contribution < -0.4 is 14.8 Å². The Hall–Kier alpha value is -1.74. The van der Waals surface area contributed by atoms with Crippen molar-refractivity contribution in [1.29, 1.82) is 0 Å². The van der Waals surface area contributed by atoms with Gasteiger partial charge in [0, 0.05) is 6.04 Å². The molecule has 0 aliphatic rings. The number of hydrogen-bond acceptors (Lipinski definition) is 3. The predicted molar refractivity (Wildman–Crippen MR) is 80.9 cm³/mol. The number of rotatable bonds is 8. The van der Waals surface area contributed by atoms with Crippen LogP contribution in [0, 0.1) is 0 Å². The lowest BCUT2D eigenvalue weighted by atomic mass is 10.1. The Kier molecular flexibility index (Phi) is 6.75. The van der Waals surface area contributed by atoms with Crippen LogP contribution in [-0.2, 0) is 0 Å². The van der Waals surface area contributed by atoms with Crippen molar-refractivity contribution in [1.82, 2.24) is 5.32 Å². The Morgan fingerprint density at radius 3 is 2.79 bits per heavy atom. The highest BCUT2D eigenvalue weighted by atomic mass is 16.5. The van der Waals surface area contributed by atoms with Crippen LogP contribution in [0.2, 0.25) is 0 Å². The van der Waals surface area contributed by atoms with Crippen molar-refractivity contribution < 1.29 is 9.47 Å². The van der Waals surface area contributed by atoms with E-state index in [1.54, 1.807) is 13.2 Å². The van der Waals surface area contributed by atoms with Gasteiger partial charge in [-0.25, -0.2) is 0 Å². The summed E-state index contributed by atoms with van der Waals surface area (Å²) in [5, 5.41) is 3.33. The molecule has 1 aromatic carbocycles. The molecule has 1 unspecified atom stereocenters. The topological polar surface area (TPSA) is 30.5 Å². The van der Waals surface area contributed by atoms with Crippen LogP contribution in [0.25, 0.3) is 6.08 Å². The SMILES string of the molecule is C=CCOc1ccc(/C=C/C(C)NCC)cc1OC. The van der Waals surface area contributed by atoms with E-state index >= 15 is 0 Å². The third-order valence-electron chi connectivity index (χ3n) is 2.65. The maximum Gasteiger partial charge on any atom is 0.161 e. The quantitative estimate of drug-likeness (QED) is 0.729. The zero-order valence-corrected chi connectivity index (χ0v) is 12.0. The molecule has 19 heavy (non-hydrogen) atoms. The summed E-state index contributed by atoms with van der Waals surface area (Å²) in [4.78, 5) is 0. The summed E-state index contributed by atoms with van der Waals surface area (Å²) in [7, 11) is 1.64. The number of likely N-dealkylation sites (N-methyl/N-ethyl adjacent to an activating group) is 1. The van der Waals surface area contributed by atoms with Crippen molar-refractivity contribution in [3.8, 4) is 11.5 Å². The summed E-state index contributed by atoms with van der Waals surface area (Å²) in [5.41, 5.74) is 1.09. The molecule has 1 N–H and O–H groups in total. The molecule has 0 saturated heterocycles. The van der Waals surface area contributed by atoms with Gasteiger partial charge in [-0.1, -0.05) is 37.8 Å². The Morgan fingerprint density at radius 1 is 1.37 bits per heavy atom. The van der Waals surface area contributed by atoms with Crippen molar-refractivity contribution in [2.75, 3.05) is 20.3 Å². The number of hydrogen-bond donors (Lipinski definition) is 1. The van der Waals surface area contributed by atoms with Gasteiger partial charge in [-0.05, 0) is 31.2 Å². The summed E-state index contributed by atoms with van der Waals surface area (Å²) in [5.74, 6) is 1.47. The van der Waals surface area contributed by atoms with Gasteiger partial charge in [0.2, 0.25) is 0 Å². The largest absolute Gasteiger partial charge is 0.493 e. The number of methoxy groups -OCH3 is 1. The maximum atomic E-state index is 5.52. The molecule has 1 aromatic rings. The summed E-state index contributed by atoms with van der Waals surface area (Å²) < 4.78 is 10.8. The standard InChI is InChI=1S/C16H23NO2/c1-5-11-19-15-10-9-14(12-16(15)18-4)8-7-13(3)17-6-2/h5,7-10,12-13,17H,1,6,11H2,2-4H3/b8-7+. The molecule has 1 rings (SSSR count). The maximum absolute atomic E-state index is 5.52. The van der Waals surface area contributed by atoms with E-state index in [0.29, 0.717) is 12.6 Å². The lowest BCUT2D eigenvalue weighted by molar-refractivity contribution is 0.326. The third kappa shape index (κ3) is 5.18. The van der Waals surface area contributed by atoms with Gasteiger partial charge in [0.15, 0.2) is 11.5 Å². The highest BCUT2D eigenvalue weighted by molar-refractivity contribution is 5.56.